The normalized spacial score (nSPS) is 51.3. The zero-order valence-electron chi connectivity index (χ0n) is 18.3. The van der Waals surface area contributed by atoms with E-state index in [4.69, 9.17) is 19.9 Å². The third-order valence-electron chi connectivity index (χ3n) is 7.35. The molecule has 11 atom stereocenters. The van der Waals surface area contributed by atoms with Crippen molar-refractivity contribution in [2.45, 2.75) is 96.2 Å². The average Bonchev–Trinajstić information content (AvgIpc) is 2.66. The van der Waals surface area contributed by atoms with Gasteiger partial charge < -0.3 is 35.3 Å². The maximum absolute atomic E-state index is 11.3. The minimum atomic E-state index is -1.13. The van der Waals surface area contributed by atoms with Crippen LogP contribution in [0.15, 0.2) is 11.8 Å². The maximum Gasteiger partial charge on any atom is 0.184 e. The van der Waals surface area contributed by atoms with Gasteiger partial charge in [0.1, 0.15) is 18.3 Å². The smallest absolute Gasteiger partial charge is 0.184 e. The molecule has 2 heterocycles. The highest BCUT2D eigenvalue weighted by Crippen LogP contribution is 2.41. The molecule has 11 unspecified atom stereocenters. The summed E-state index contributed by atoms with van der Waals surface area (Å²) in [5.74, 6) is 0.898. The van der Waals surface area contributed by atoms with Crippen molar-refractivity contribution in [3.8, 4) is 0 Å². The lowest BCUT2D eigenvalue weighted by molar-refractivity contribution is -0.306. The molecular formula is C22H39NO6. The lowest BCUT2D eigenvalue weighted by atomic mass is 9.68. The number of hydrogen-bond acceptors (Lipinski definition) is 7. The zero-order chi connectivity index (χ0) is 21.5. The van der Waals surface area contributed by atoms with Gasteiger partial charge in [-0.1, -0.05) is 27.7 Å². The fourth-order valence-electron chi connectivity index (χ4n) is 5.06. The largest absolute Gasteiger partial charge is 0.494 e. The number of aliphatic hydroxyl groups is 3. The van der Waals surface area contributed by atoms with Crippen molar-refractivity contribution in [3.05, 3.63) is 11.8 Å². The van der Waals surface area contributed by atoms with Crippen LogP contribution in [-0.2, 0) is 14.2 Å². The molecule has 5 N–H and O–H groups in total. The molecule has 168 valence electrons. The lowest BCUT2D eigenvalue weighted by Gasteiger charge is -2.50. The lowest BCUT2D eigenvalue weighted by Crippen LogP contribution is -2.62. The summed E-state index contributed by atoms with van der Waals surface area (Å²) in [6.07, 6.45) is 1.06. The van der Waals surface area contributed by atoms with E-state index in [0.29, 0.717) is 6.42 Å². The molecule has 0 radical (unpaired) electrons. The van der Waals surface area contributed by atoms with Gasteiger partial charge in [-0.2, -0.15) is 0 Å². The molecule has 0 aromatic carbocycles. The Labute approximate surface area is 174 Å². The topological polar surface area (TPSA) is 114 Å². The van der Waals surface area contributed by atoms with Gasteiger partial charge in [0.15, 0.2) is 6.29 Å². The van der Waals surface area contributed by atoms with E-state index in [1.807, 2.05) is 0 Å². The van der Waals surface area contributed by atoms with E-state index >= 15 is 0 Å². The Hall–Kier alpha value is -0.700. The van der Waals surface area contributed by atoms with Crippen LogP contribution in [0.3, 0.4) is 0 Å². The van der Waals surface area contributed by atoms with E-state index in [-0.39, 0.29) is 36.5 Å². The first-order valence-electron chi connectivity index (χ1n) is 11.0. The number of nitrogens with two attached hydrogens (primary N) is 1. The highest BCUT2D eigenvalue weighted by molar-refractivity contribution is 5.05. The highest BCUT2D eigenvalue weighted by atomic mass is 16.7. The number of aliphatic hydroxyl groups excluding tert-OH is 2. The van der Waals surface area contributed by atoms with Crippen LogP contribution in [0.2, 0.25) is 0 Å². The molecule has 0 amide bonds. The minimum absolute atomic E-state index is 0.0567. The Bertz CT molecular complexity index is 596. The van der Waals surface area contributed by atoms with Crippen molar-refractivity contribution >= 4 is 0 Å². The molecule has 7 nitrogen and oxygen atoms in total. The summed E-state index contributed by atoms with van der Waals surface area (Å²) >= 11 is 0. The Morgan fingerprint density at radius 3 is 2.55 bits per heavy atom. The summed E-state index contributed by atoms with van der Waals surface area (Å²) in [4.78, 5) is 0. The summed E-state index contributed by atoms with van der Waals surface area (Å²) in [6, 6.07) is -0.370. The van der Waals surface area contributed by atoms with Crippen LogP contribution < -0.4 is 5.73 Å². The van der Waals surface area contributed by atoms with Crippen LogP contribution in [0.5, 0.6) is 0 Å². The van der Waals surface area contributed by atoms with E-state index in [9.17, 15) is 15.3 Å². The van der Waals surface area contributed by atoms with Crippen molar-refractivity contribution in [2.75, 3.05) is 6.61 Å². The van der Waals surface area contributed by atoms with Crippen molar-refractivity contribution < 1.29 is 29.5 Å². The van der Waals surface area contributed by atoms with Crippen LogP contribution >= 0.6 is 0 Å². The second-order valence-corrected chi connectivity index (χ2v) is 9.68. The first-order chi connectivity index (χ1) is 13.6. The number of rotatable bonds is 4. The van der Waals surface area contributed by atoms with Crippen molar-refractivity contribution in [1.82, 2.24) is 0 Å². The first kappa shape index (κ1) is 23.0. The number of allylic oxidation sites excluding steroid dienone is 2. The number of ether oxygens (including phenoxy) is 3. The van der Waals surface area contributed by atoms with E-state index in [1.54, 1.807) is 13.8 Å². The van der Waals surface area contributed by atoms with Crippen LogP contribution in [0, 0.1) is 23.7 Å². The molecule has 2 fully saturated rings. The van der Waals surface area contributed by atoms with Crippen molar-refractivity contribution in [2.24, 2.45) is 29.4 Å². The van der Waals surface area contributed by atoms with Gasteiger partial charge in [-0.15, -0.1) is 0 Å². The zero-order valence-corrected chi connectivity index (χ0v) is 18.3. The molecule has 7 heteroatoms. The summed E-state index contributed by atoms with van der Waals surface area (Å²) in [5, 5.41) is 32.2. The Kier molecular flexibility index (Phi) is 6.98. The van der Waals surface area contributed by atoms with Gasteiger partial charge in [0, 0.05) is 24.3 Å². The summed E-state index contributed by atoms with van der Waals surface area (Å²) in [6.45, 7) is 9.78. The quantitative estimate of drug-likeness (QED) is 0.553. The van der Waals surface area contributed by atoms with E-state index in [2.05, 4.69) is 26.8 Å². The van der Waals surface area contributed by atoms with Crippen LogP contribution in [0.1, 0.15) is 53.9 Å². The van der Waals surface area contributed by atoms with Gasteiger partial charge in [0.2, 0.25) is 0 Å². The SMILES string of the molecule is CCC1=CCC(C)C(C2C(C)CC(N)C(OC3OCC(C)(O)C(C)C3O)C2O)O1. The molecule has 0 spiro atoms. The molecule has 0 aromatic rings. The minimum Gasteiger partial charge on any atom is -0.494 e. The maximum atomic E-state index is 11.3. The van der Waals surface area contributed by atoms with Crippen molar-refractivity contribution in [3.63, 3.8) is 0 Å². The van der Waals surface area contributed by atoms with Gasteiger partial charge in [-0.05, 0) is 37.7 Å². The predicted octanol–water partition coefficient (Wildman–Crippen LogP) is 1.54. The monoisotopic (exact) mass is 413 g/mol. The van der Waals surface area contributed by atoms with E-state index in [0.717, 1.165) is 18.6 Å². The average molecular weight is 414 g/mol. The Morgan fingerprint density at radius 1 is 1.21 bits per heavy atom. The Morgan fingerprint density at radius 2 is 1.90 bits per heavy atom. The molecule has 3 rings (SSSR count). The fourth-order valence-corrected chi connectivity index (χ4v) is 5.06. The second kappa shape index (κ2) is 8.81. The van der Waals surface area contributed by atoms with Gasteiger partial charge in [0.25, 0.3) is 0 Å². The molecule has 2 aliphatic heterocycles. The molecule has 1 aliphatic carbocycles. The standard InChI is InChI=1S/C22H39NO6/c1-6-14-8-7-11(2)19(28-14)16-12(3)9-15(23)20(18(16)25)29-21-17(24)13(4)22(5,26)10-27-21/h8,11-13,15-21,24-26H,6-7,9-10,23H2,1-5H3. The molecule has 0 bridgehead atoms. The third kappa shape index (κ3) is 4.50. The molecule has 0 aromatic heterocycles. The van der Waals surface area contributed by atoms with Gasteiger partial charge >= 0.3 is 0 Å². The summed E-state index contributed by atoms with van der Waals surface area (Å²) < 4.78 is 17.9. The van der Waals surface area contributed by atoms with E-state index < -0.39 is 36.1 Å². The van der Waals surface area contributed by atoms with Crippen LogP contribution in [-0.4, -0.2) is 64.3 Å². The van der Waals surface area contributed by atoms with Gasteiger partial charge in [-0.3, -0.25) is 0 Å². The summed E-state index contributed by atoms with van der Waals surface area (Å²) in [5.41, 5.74) is 5.24. The molecular weight excluding hydrogens is 374 g/mol. The first-order valence-corrected chi connectivity index (χ1v) is 11.0. The fraction of sp³-hybridized carbons (Fsp3) is 0.909. The second-order valence-electron chi connectivity index (χ2n) is 9.68. The highest BCUT2D eigenvalue weighted by Gasteiger charge is 2.51. The molecule has 1 saturated carbocycles. The van der Waals surface area contributed by atoms with Crippen molar-refractivity contribution in [1.29, 1.82) is 0 Å². The number of hydrogen-bond donors (Lipinski definition) is 4. The van der Waals surface area contributed by atoms with Crippen LogP contribution in [0.25, 0.3) is 0 Å². The van der Waals surface area contributed by atoms with E-state index in [1.165, 1.54) is 0 Å². The Balaban J connectivity index is 1.75. The molecule has 1 saturated heterocycles. The molecule has 29 heavy (non-hydrogen) atoms. The van der Waals surface area contributed by atoms with Gasteiger partial charge in [-0.25, -0.2) is 0 Å². The van der Waals surface area contributed by atoms with Gasteiger partial charge in [0.05, 0.1) is 24.1 Å². The molecule has 3 aliphatic rings. The predicted molar refractivity (Wildman–Crippen MR) is 109 cm³/mol. The van der Waals surface area contributed by atoms with Crippen LogP contribution in [0.4, 0.5) is 0 Å². The third-order valence-corrected chi connectivity index (χ3v) is 7.35. The summed E-state index contributed by atoms with van der Waals surface area (Å²) in [7, 11) is 0.